The topological polar surface area (TPSA) is 24.7 Å². The average molecular weight is 765 g/mol. The molecule has 0 aliphatic rings. The van der Waals surface area contributed by atoms with Crippen molar-refractivity contribution in [3.8, 4) is 11.8 Å². The third-order valence-corrected chi connectivity index (χ3v) is 11.4. The lowest BCUT2D eigenvalue weighted by atomic mass is 10.0. The van der Waals surface area contributed by atoms with E-state index >= 15 is 0 Å². The summed E-state index contributed by atoms with van der Waals surface area (Å²) >= 11 is 0. The van der Waals surface area contributed by atoms with Crippen LogP contribution in [0.2, 0.25) is 0 Å². The van der Waals surface area contributed by atoms with E-state index in [2.05, 4.69) is 81.1 Å². The molecule has 2 aromatic carbocycles. The van der Waals surface area contributed by atoms with Gasteiger partial charge in [-0.1, -0.05) is 237 Å². The normalized spacial score (nSPS) is 11.7. The van der Waals surface area contributed by atoms with Gasteiger partial charge in [0.25, 0.3) is 0 Å². The molecule has 0 atom stereocenters. The molecule has 2 aromatic rings. The molecule has 0 aliphatic heterocycles. The zero-order chi connectivity index (χ0) is 39.8. The molecule has 0 radical (unpaired) electrons. The quantitative estimate of drug-likeness (QED) is 0.0372. The summed E-state index contributed by atoms with van der Waals surface area (Å²) in [6.45, 7) is 6.89. The molecule has 2 nitrogen and oxygen atoms in total. The minimum atomic E-state index is 0.764. The van der Waals surface area contributed by atoms with Crippen LogP contribution in [0.25, 0.3) is 0 Å². The van der Waals surface area contributed by atoms with E-state index in [-0.39, 0.29) is 0 Å². The summed E-state index contributed by atoms with van der Waals surface area (Å²) in [5.41, 5.74) is 5.52. The molecule has 0 fully saturated rings. The largest absolute Gasteiger partial charge is 0.254 e. The SMILES string of the molecule is CCCCCCCCCCCCC#CC(C=Nc1cccc(CCCCCCCCCCCCC)c1)=Nc1cccc(CCCCCCCCCCCCC)c1. The highest BCUT2D eigenvalue weighted by atomic mass is 14.8. The molecule has 0 bridgehead atoms. The highest BCUT2D eigenvalue weighted by molar-refractivity contribution is 6.39. The van der Waals surface area contributed by atoms with Crippen molar-refractivity contribution in [2.45, 2.75) is 245 Å². The van der Waals surface area contributed by atoms with E-state index in [4.69, 9.17) is 9.98 Å². The van der Waals surface area contributed by atoms with E-state index in [0.29, 0.717) is 0 Å². The van der Waals surface area contributed by atoms with Crippen molar-refractivity contribution in [3.05, 3.63) is 59.7 Å². The van der Waals surface area contributed by atoms with Crippen LogP contribution in [0.5, 0.6) is 0 Å². The molecular weight excluding hydrogens is 677 g/mol. The minimum Gasteiger partial charge on any atom is -0.254 e. The second kappa shape index (κ2) is 37.9. The zero-order valence-electron chi connectivity index (χ0n) is 37.3. The van der Waals surface area contributed by atoms with Crippen molar-refractivity contribution in [1.82, 2.24) is 0 Å². The third-order valence-electron chi connectivity index (χ3n) is 11.4. The summed E-state index contributed by atoms with van der Waals surface area (Å²) in [6.07, 6.45) is 49.0. The number of benzene rings is 2. The summed E-state index contributed by atoms with van der Waals surface area (Å²) in [5, 5.41) is 0. The number of nitrogens with zero attached hydrogens (tertiary/aromatic N) is 2. The van der Waals surface area contributed by atoms with E-state index in [9.17, 15) is 0 Å². The fraction of sp³-hybridized carbons (Fsp3) is 0.704. The fourth-order valence-corrected chi connectivity index (χ4v) is 7.78. The molecule has 0 aliphatic carbocycles. The van der Waals surface area contributed by atoms with E-state index < -0.39 is 0 Å². The van der Waals surface area contributed by atoms with Gasteiger partial charge < -0.3 is 0 Å². The molecule has 2 rings (SSSR count). The van der Waals surface area contributed by atoms with E-state index in [1.54, 1.807) is 0 Å². The summed E-state index contributed by atoms with van der Waals surface area (Å²) in [5.74, 6) is 6.88. The molecule has 0 aromatic heterocycles. The van der Waals surface area contributed by atoms with Crippen LogP contribution >= 0.6 is 0 Å². The predicted molar refractivity (Wildman–Crippen MR) is 253 cm³/mol. The van der Waals surface area contributed by atoms with Gasteiger partial charge in [-0.3, -0.25) is 4.99 Å². The maximum atomic E-state index is 5.05. The molecule has 0 spiro atoms. The highest BCUT2D eigenvalue weighted by Crippen LogP contribution is 2.20. The first kappa shape index (κ1) is 49.5. The molecule has 0 unspecified atom stereocenters. The predicted octanol–water partition coefficient (Wildman–Crippen LogP) is 18.2. The number of aryl methyl sites for hydroxylation is 2. The van der Waals surface area contributed by atoms with E-state index in [1.165, 1.54) is 217 Å². The van der Waals surface area contributed by atoms with Gasteiger partial charge in [0.15, 0.2) is 0 Å². The van der Waals surface area contributed by atoms with Crippen LogP contribution in [0.3, 0.4) is 0 Å². The Morgan fingerprint density at radius 2 is 0.786 bits per heavy atom. The van der Waals surface area contributed by atoms with Crippen LogP contribution in [-0.2, 0) is 12.8 Å². The molecule has 2 heteroatoms. The van der Waals surface area contributed by atoms with Gasteiger partial charge in [0.1, 0.15) is 5.71 Å². The van der Waals surface area contributed by atoms with Gasteiger partial charge in [0.05, 0.1) is 17.6 Å². The number of unbranched alkanes of at least 4 members (excludes halogenated alkanes) is 30. The number of aliphatic imine (C=N–C) groups is 2. The average Bonchev–Trinajstić information content (AvgIpc) is 3.21. The van der Waals surface area contributed by atoms with Crippen LogP contribution in [0, 0.1) is 11.8 Å². The van der Waals surface area contributed by atoms with Crippen molar-refractivity contribution in [2.75, 3.05) is 0 Å². The Labute approximate surface area is 349 Å². The van der Waals surface area contributed by atoms with E-state index in [1.807, 2.05) is 6.21 Å². The second-order valence-corrected chi connectivity index (χ2v) is 16.9. The maximum absolute atomic E-state index is 5.05. The van der Waals surface area contributed by atoms with Crippen LogP contribution in [0.4, 0.5) is 11.4 Å². The minimum absolute atomic E-state index is 0.764. The van der Waals surface area contributed by atoms with Gasteiger partial charge in [0.2, 0.25) is 0 Å². The van der Waals surface area contributed by atoms with Gasteiger partial charge in [-0.2, -0.15) is 0 Å². The standard InChI is InChI=1S/C54H88N2/c1-4-7-10-13-16-19-22-25-28-31-34-37-44-54(56-53-46-39-43-51(48-53)41-36-33-30-27-24-21-18-15-12-9-6-3)49-55-52-45-38-42-50(47-52)40-35-32-29-26-23-20-17-14-11-8-5-2/h38-39,42-43,45-49H,4-36,40-41H2,1-3H3. The summed E-state index contributed by atoms with van der Waals surface area (Å²) in [4.78, 5) is 9.97. The first-order chi connectivity index (χ1) is 27.7. The molecule has 0 saturated heterocycles. The van der Waals surface area contributed by atoms with Gasteiger partial charge in [-0.25, -0.2) is 4.99 Å². The Balaban J connectivity index is 1.88. The first-order valence-electron chi connectivity index (χ1n) is 24.5. The lowest BCUT2D eigenvalue weighted by Gasteiger charge is -2.05. The van der Waals surface area contributed by atoms with Crippen molar-refractivity contribution in [3.63, 3.8) is 0 Å². The highest BCUT2D eigenvalue weighted by Gasteiger charge is 2.01. The summed E-state index contributed by atoms with van der Waals surface area (Å²) in [7, 11) is 0. The van der Waals surface area contributed by atoms with Gasteiger partial charge in [-0.15, -0.1) is 0 Å². The van der Waals surface area contributed by atoms with E-state index in [0.717, 1.165) is 36.3 Å². The van der Waals surface area contributed by atoms with Gasteiger partial charge >= 0.3 is 0 Å². The van der Waals surface area contributed by atoms with Crippen LogP contribution in [-0.4, -0.2) is 11.9 Å². The van der Waals surface area contributed by atoms with Crippen LogP contribution in [0.15, 0.2) is 58.5 Å². The molecule has 0 amide bonds. The molecule has 56 heavy (non-hydrogen) atoms. The molecule has 0 saturated carbocycles. The van der Waals surface area contributed by atoms with Crippen molar-refractivity contribution >= 4 is 23.3 Å². The Morgan fingerprint density at radius 3 is 1.21 bits per heavy atom. The molecule has 314 valence electrons. The zero-order valence-corrected chi connectivity index (χ0v) is 37.3. The van der Waals surface area contributed by atoms with Crippen molar-refractivity contribution in [2.24, 2.45) is 9.98 Å². The Morgan fingerprint density at radius 1 is 0.429 bits per heavy atom. The molecular formula is C54H88N2. The lowest BCUT2D eigenvalue weighted by Crippen LogP contribution is -1.96. The Bertz CT molecular complexity index is 1290. The van der Waals surface area contributed by atoms with Crippen LogP contribution in [0.1, 0.15) is 244 Å². The summed E-state index contributed by atoms with van der Waals surface area (Å²) in [6, 6.07) is 17.6. The third kappa shape index (κ3) is 29.6. The number of hydrogen-bond donors (Lipinski definition) is 0. The number of hydrogen-bond acceptors (Lipinski definition) is 2. The Hall–Kier alpha value is -2.66. The smallest absolute Gasteiger partial charge is 0.132 e. The van der Waals surface area contributed by atoms with Gasteiger partial charge in [-0.05, 0) is 73.4 Å². The fourth-order valence-electron chi connectivity index (χ4n) is 7.78. The Kier molecular flexibility index (Phi) is 33.5. The maximum Gasteiger partial charge on any atom is 0.132 e. The van der Waals surface area contributed by atoms with Crippen molar-refractivity contribution < 1.29 is 0 Å². The van der Waals surface area contributed by atoms with Crippen molar-refractivity contribution in [1.29, 1.82) is 0 Å². The molecule has 0 heterocycles. The summed E-state index contributed by atoms with van der Waals surface area (Å²) < 4.78 is 0. The lowest BCUT2D eigenvalue weighted by molar-refractivity contribution is 0.549. The molecule has 0 N–H and O–H groups in total. The monoisotopic (exact) mass is 765 g/mol. The number of rotatable bonds is 37. The van der Waals surface area contributed by atoms with Crippen LogP contribution < -0.4 is 0 Å². The first-order valence-corrected chi connectivity index (χ1v) is 24.5. The van der Waals surface area contributed by atoms with Gasteiger partial charge in [0, 0.05) is 6.42 Å². The second-order valence-electron chi connectivity index (χ2n) is 16.9.